The van der Waals surface area contributed by atoms with Crippen molar-refractivity contribution >= 4 is 6.08 Å². The zero-order chi connectivity index (χ0) is 14.9. The normalized spacial score (nSPS) is 15.1. The van der Waals surface area contributed by atoms with Crippen molar-refractivity contribution in [3.05, 3.63) is 69.5 Å². The molecule has 0 saturated heterocycles. The first-order valence-corrected chi connectivity index (χ1v) is 7.85. The molecule has 22 heavy (non-hydrogen) atoms. The van der Waals surface area contributed by atoms with E-state index in [0.29, 0.717) is 6.61 Å². The minimum absolute atomic E-state index is 0.713. The Morgan fingerprint density at radius 3 is 3.05 bits per heavy atom. The molecule has 0 unspecified atom stereocenters. The number of fused-ring (bicyclic) bond motifs is 2. The van der Waals surface area contributed by atoms with Gasteiger partial charge in [0.1, 0.15) is 0 Å². The standard InChI is InChI=1S/C19H20N2O/c1-13-19-12-22-11-17(19)8-18(21-13)10-20-9-14-5-6-15-3-2-4-16(15)7-14/h2,4-8,20H,3,9-12H2,1H3. The third-order valence-electron chi connectivity index (χ3n) is 4.46. The fraction of sp³-hybridized carbons (Fsp3) is 0.316. The van der Waals surface area contributed by atoms with Gasteiger partial charge in [-0.1, -0.05) is 30.4 Å². The number of aromatic nitrogens is 1. The quantitative estimate of drug-likeness (QED) is 0.939. The van der Waals surface area contributed by atoms with Gasteiger partial charge in [-0.25, -0.2) is 0 Å². The number of pyridine rings is 1. The summed E-state index contributed by atoms with van der Waals surface area (Å²) in [5, 5.41) is 3.50. The molecule has 0 saturated carbocycles. The molecule has 0 bridgehead atoms. The van der Waals surface area contributed by atoms with Crippen LogP contribution >= 0.6 is 0 Å². The van der Waals surface area contributed by atoms with Crippen LogP contribution in [0.1, 0.15) is 39.2 Å². The maximum absolute atomic E-state index is 5.50. The van der Waals surface area contributed by atoms with Crippen LogP contribution in [0.4, 0.5) is 0 Å². The van der Waals surface area contributed by atoms with Crippen molar-refractivity contribution in [2.24, 2.45) is 0 Å². The number of rotatable bonds is 4. The first-order chi connectivity index (χ1) is 10.8. The third kappa shape index (κ3) is 2.58. The van der Waals surface area contributed by atoms with Crippen molar-refractivity contribution in [2.75, 3.05) is 0 Å². The summed E-state index contributed by atoms with van der Waals surface area (Å²) >= 11 is 0. The van der Waals surface area contributed by atoms with Crippen LogP contribution in [0.15, 0.2) is 30.3 Å². The van der Waals surface area contributed by atoms with E-state index >= 15 is 0 Å². The molecular weight excluding hydrogens is 272 g/mol. The molecule has 0 amide bonds. The van der Waals surface area contributed by atoms with Crippen molar-refractivity contribution in [3.8, 4) is 0 Å². The summed E-state index contributed by atoms with van der Waals surface area (Å²) in [6.07, 6.45) is 5.51. The molecule has 2 heterocycles. The lowest BCUT2D eigenvalue weighted by Gasteiger charge is -2.09. The molecule has 3 nitrogen and oxygen atoms in total. The number of hydrogen-bond donors (Lipinski definition) is 1. The second-order valence-electron chi connectivity index (χ2n) is 6.07. The van der Waals surface area contributed by atoms with Crippen LogP contribution in [0.25, 0.3) is 6.08 Å². The molecule has 0 radical (unpaired) electrons. The van der Waals surface area contributed by atoms with Gasteiger partial charge in [0.05, 0.1) is 18.9 Å². The number of ether oxygens (including phenoxy) is 1. The molecular formula is C19H20N2O. The van der Waals surface area contributed by atoms with E-state index in [2.05, 4.69) is 53.6 Å². The lowest BCUT2D eigenvalue weighted by molar-refractivity contribution is 0.134. The Labute approximate surface area is 131 Å². The maximum atomic E-state index is 5.50. The number of nitrogens with zero attached hydrogens (tertiary/aromatic N) is 1. The van der Waals surface area contributed by atoms with Gasteiger partial charge in [-0.05, 0) is 41.7 Å². The van der Waals surface area contributed by atoms with Crippen molar-refractivity contribution in [2.45, 2.75) is 39.6 Å². The van der Waals surface area contributed by atoms with Crippen LogP contribution in [0.5, 0.6) is 0 Å². The first-order valence-electron chi connectivity index (χ1n) is 7.85. The summed E-state index contributed by atoms with van der Waals surface area (Å²) < 4.78 is 5.50. The van der Waals surface area contributed by atoms with E-state index in [1.54, 1.807) is 0 Å². The zero-order valence-electron chi connectivity index (χ0n) is 12.9. The SMILES string of the molecule is Cc1nc(CNCc2ccc3c(c2)C=CC3)cc2c1COC2. The molecule has 4 rings (SSSR count). The van der Waals surface area contributed by atoms with Crippen molar-refractivity contribution in [1.82, 2.24) is 10.3 Å². The Kier molecular flexibility index (Phi) is 3.53. The molecule has 1 aromatic heterocycles. The number of hydrogen-bond acceptors (Lipinski definition) is 3. The molecule has 2 aliphatic rings. The van der Waals surface area contributed by atoms with Crippen LogP contribution < -0.4 is 5.32 Å². The summed E-state index contributed by atoms with van der Waals surface area (Å²) in [5.74, 6) is 0. The van der Waals surface area contributed by atoms with Crippen LogP contribution in [-0.2, 0) is 37.5 Å². The van der Waals surface area contributed by atoms with Crippen molar-refractivity contribution in [3.63, 3.8) is 0 Å². The molecule has 3 heteroatoms. The Morgan fingerprint density at radius 1 is 1.14 bits per heavy atom. The second kappa shape index (κ2) is 5.67. The highest BCUT2D eigenvalue weighted by molar-refractivity contribution is 5.60. The average Bonchev–Trinajstić information content (AvgIpc) is 3.15. The Hall–Kier alpha value is -1.97. The largest absolute Gasteiger partial charge is 0.372 e. The summed E-state index contributed by atoms with van der Waals surface area (Å²) in [6.45, 7) is 5.17. The summed E-state index contributed by atoms with van der Waals surface area (Å²) in [4.78, 5) is 4.68. The minimum atomic E-state index is 0.713. The highest BCUT2D eigenvalue weighted by Crippen LogP contribution is 2.23. The predicted octanol–water partition coefficient (Wildman–Crippen LogP) is 3.28. The lowest BCUT2D eigenvalue weighted by atomic mass is 10.1. The number of allylic oxidation sites excluding steroid dienone is 1. The van der Waals surface area contributed by atoms with Crippen molar-refractivity contribution < 1.29 is 4.74 Å². The molecule has 1 aliphatic heterocycles. The Morgan fingerprint density at radius 2 is 2.09 bits per heavy atom. The highest BCUT2D eigenvalue weighted by atomic mass is 16.5. The van der Waals surface area contributed by atoms with E-state index in [1.165, 1.54) is 27.8 Å². The molecule has 0 fully saturated rings. The summed E-state index contributed by atoms with van der Waals surface area (Å²) in [5.41, 5.74) is 8.90. The predicted molar refractivity (Wildman–Crippen MR) is 87.2 cm³/mol. The third-order valence-corrected chi connectivity index (χ3v) is 4.46. The van der Waals surface area contributed by atoms with E-state index in [-0.39, 0.29) is 0 Å². The van der Waals surface area contributed by atoms with Crippen LogP contribution in [0.2, 0.25) is 0 Å². The van der Waals surface area contributed by atoms with Gasteiger partial charge in [-0.15, -0.1) is 0 Å². The number of benzene rings is 1. The smallest absolute Gasteiger partial charge is 0.0742 e. The molecule has 0 atom stereocenters. The van der Waals surface area contributed by atoms with E-state index in [1.807, 2.05) is 0 Å². The van der Waals surface area contributed by atoms with Gasteiger partial charge >= 0.3 is 0 Å². The fourth-order valence-corrected chi connectivity index (χ4v) is 3.26. The topological polar surface area (TPSA) is 34.2 Å². The fourth-order valence-electron chi connectivity index (χ4n) is 3.26. The summed E-state index contributed by atoms with van der Waals surface area (Å²) in [6, 6.07) is 8.91. The highest BCUT2D eigenvalue weighted by Gasteiger charge is 2.15. The summed E-state index contributed by atoms with van der Waals surface area (Å²) in [7, 11) is 0. The van der Waals surface area contributed by atoms with Gasteiger partial charge in [-0.2, -0.15) is 0 Å². The minimum Gasteiger partial charge on any atom is -0.372 e. The average molecular weight is 292 g/mol. The maximum Gasteiger partial charge on any atom is 0.0742 e. The van der Waals surface area contributed by atoms with Crippen LogP contribution in [-0.4, -0.2) is 4.98 Å². The van der Waals surface area contributed by atoms with Crippen LogP contribution in [0, 0.1) is 6.92 Å². The molecule has 112 valence electrons. The van der Waals surface area contributed by atoms with E-state index in [0.717, 1.165) is 37.5 Å². The van der Waals surface area contributed by atoms with Gasteiger partial charge in [-0.3, -0.25) is 4.98 Å². The molecule has 0 spiro atoms. The molecule has 1 aliphatic carbocycles. The van der Waals surface area contributed by atoms with E-state index < -0.39 is 0 Å². The molecule has 1 N–H and O–H groups in total. The zero-order valence-corrected chi connectivity index (χ0v) is 12.9. The van der Waals surface area contributed by atoms with E-state index in [9.17, 15) is 0 Å². The monoisotopic (exact) mass is 292 g/mol. The first kappa shape index (κ1) is 13.7. The van der Waals surface area contributed by atoms with Gasteiger partial charge < -0.3 is 10.1 Å². The van der Waals surface area contributed by atoms with Crippen molar-refractivity contribution in [1.29, 1.82) is 0 Å². The second-order valence-corrected chi connectivity index (χ2v) is 6.07. The molecule has 1 aromatic carbocycles. The Balaban J connectivity index is 1.41. The van der Waals surface area contributed by atoms with Gasteiger partial charge in [0.15, 0.2) is 0 Å². The van der Waals surface area contributed by atoms with Crippen LogP contribution in [0.3, 0.4) is 0 Å². The van der Waals surface area contributed by atoms with Gasteiger partial charge in [0.25, 0.3) is 0 Å². The van der Waals surface area contributed by atoms with E-state index in [4.69, 9.17) is 4.74 Å². The lowest BCUT2D eigenvalue weighted by Crippen LogP contribution is -2.14. The van der Waals surface area contributed by atoms with Gasteiger partial charge in [0.2, 0.25) is 0 Å². The Bertz CT molecular complexity index is 749. The number of aryl methyl sites for hydroxylation is 1. The number of nitrogens with one attached hydrogen (secondary N) is 1. The molecule has 2 aromatic rings. The van der Waals surface area contributed by atoms with Gasteiger partial charge in [0, 0.05) is 24.3 Å².